The topological polar surface area (TPSA) is 98.0 Å². The second-order valence-corrected chi connectivity index (χ2v) is 10.3. The van der Waals surface area contributed by atoms with Gasteiger partial charge in [0.05, 0.1) is 5.54 Å². The van der Waals surface area contributed by atoms with E-state index in [1.807, 2.05) is 68.3 Å². The van der Waals surface area contributed by atoms with Crippen LogP contribution in [0.2, 0.25) is 0 Å². The van der Waals surface area contributed by atoms with Crippen LogP contribution in [0.15, 0.2) is 70.8 Å². The number of rotatable bonds is 10. The lowest BCUT2D eigenvalue weighted by molar-refractivity contribution is -0.141. The van der Waals surface area contributed by atoms with Crippen molar-refractivity contribution in [2.45, 2.75) is 32.0 Å². The van der Waals surface area contributed by atoms with E-state index >= 15 is 0 Å². The summed E-state index contributed by atoms with van der Waals surface area (Å²) in [5.41, 5.74) is 8.42. The lowest BCUT2D eigenvalue weighted by atomic mass is 9.81. The van der Waals surface area contributed by atoms with Gasteiger partial charge in [-0.05, 0) is 52.2 Å². The number of nitrogens with one attached hydrogen (secondary N) is 4. The number of likely N-dealkylation sites (N-methyl/N-ethyl adjacent to an activating group) is 1. The summed E-state index contributed by atoms with van der Waals surface area (Å²) in [6.07, 6.45) is 5.55. The molecule has 8 nitrogen and oxygen atoms in total. The highest BCUT2D eigenvalue weighted by Crippen LogP contribution is 2.33. The fourth-order valence-corrected chi connectivity index (χ4v) is 4.60. The molecule has 204 valence electrons. The third kappa shape index (κ3) is 7.38. The van der Waals surface area contributed by atoms with E-state index in [1.165, 1.54) is 5.38 Å². The molecule has 0 radical (unpaired) electrons. The fraction of sp³-hybridized carbons (Fsp3) is 0.346. The average molecular weight is 548 g/mol. The molecule has 0 saturated heterocycles. The van der Waals surface area contributed by atoms with Gasteiger partial charge in [-0.3, -0.25) is 15.3 Å². The molecule has 4 N–H and O–H groups in total. The van der Waals surface area contributed by atoms with E-state index in [-0.39, 0.29) is 16.4 Å². The molecule has 0 spiro atoms. The summed E-state index contributed by atoms with van der Waals surface area (Å²) in [6, 6.07) is 0.871. The summed E-state index contributed by atoms with van der Waals surface area (Å²) in [5.74, 6) is -0.463. The van der Waals surface area contributed by atoms with E-state index in [9.17, 15) is 18.0 Å². The van der Waals surface area contributed by atoms with Crippen molar-refractivity contribution in [3.05, 3.63) is 82.2 Å². The first-order valence-electron chi connectivity index (χ1n) is 11.8. The van der Waals surface area contributed by atoms with Crippen LogP contribution < -0.4 is 16.2 Å². The summed E-state index contributed by atoms with van der Waals surface area (Å²) in [7, 11) is 5.72. The minimum absolute atomic E-state index is 0.0221. The molecule has 0 fully saturated rings. The maximum Gasteiger partial charge on any atom is 0.432 e. The van der Waals surface area contributed by atoms with Crippen molar-refractivity contribution in [1.82, 2.24) is 36.2 Å². The zero-order chi connectivity index (χ0) is 28.1. The van der Waals surface area contributed by atoms with E-state index < -0.39 is 23.3 Å². The molecule has 1 aliphatic rings. The SMILES string of the molecule is C=C(/C=C\C=C\C1=C(NC(=O)c2csc(-c3cc(C(F)(F)F)[nH]n3)n2)CC(C)(NNC)C(C)=C1)CN(C)C. The van der Waals surface area contributed by atoms with Crippen molar-refractivity contribution < 1.29 is 18.0 Å². The van der Waals surface area contributed by atoms with E-state index in [4.69, 9.17) is 0 Å². The summed E-state index contributed by atoms with van der Waals surface area (Å²) in [5, 5.41) is 10.3. The Morgan fingerprint density at radius 3 is 2.71 bits per heavy atom. The largest absolute Gasteiger partial charge is 0.432 e. The Bertz CT molecular complexity index is 1300. The summed E-state index contributed by atoms with van der Waals surface area (Å²) in [4.78, 5) is 19.4. The van der Waals surface area contributed by atoms with Crippen molar-refractivity contribution in [3.8, 4) is 10.7 Å². The lowest BCUT2D eigenvalue weighted by Crippen LogP contribution is -2.52. The molecule has 0 bridgehead atoms. The number of hydrazine groups is 1. The molecule has 38 heavy (non-hydrogen) atoms. The van der Waals surface area contributed by atoms with E-state index in [0.29, 0.717) is 12.1 Å². The number of aromatic nitrogens is 3. The summed E-state index contributed by atoms with van der Waals surface area (Å²) < 4.78 is 38.7. The highest BCUT2D eigenvalue weighted by molar-refractivity contribution is 7.13. The van der Waals surface area contributed by atoms with E-state index in [2.05, 4.69) is 32.8 Å². The number of aromatic amines is 1. The molecule has 0 aromatic carbocycles. The van der Waals surface area contributed by atoms with Gasteiger partial charge in [0.15, 0.2) is 0 Å². The Kier molecular flexibility index (Phi) is 9.26. The second-order valence-electron chi connectivity index (χ2n) is 9.42. The third-order valence-corrected chi connectivity index (χ3v) is 6.73. The molecule has 0 aliphatic heterocycles. The van der Waals surface area contributed by atoms with Gasteiger partial charge in [-0.2, -0.15) is 18.3 Å². The molecule has 12 heteroatoms. The van der Waals surface area contributed by atoms with Crippen molar-refractivity contribution in [2.24, 2.45) is 0 Å². The van der Waals surface area contributed by atoms with Gasteiger partial charge in [-0.25, -0.2) is 10.4 Å². The molecule has 2 heterocycles. The van der Waals surface area contributed by atoms with Crippen LogP contribution in [0.1, 0.15) is 36.5 Å². The van der Waals surface area contributed by atoms with Crippen molar-refractivity contribution >= 4 is 17.2 Å². The van der Waals surface area contributed by atoms with Gasteiger partial charge in [-0.1, -0.05) is 42.5 Å². The van der Waals surface area contributed by atoms with Crippen LogP contribution in [0.5, 0.6) is 0 Å². The fourth-order valence-electron chi connectivity index (χ4n) is 3.84. The zero-order valence-corrected chi connectivity index (χ0v) is 22.8. The number of carbonyl (C=O) groups is 1. The summed E-state index contributed by atoms with van der Waals surface area (Å²) >= 11 is 1.04. The molecule has 1 aliphatic carbocycles. The van der Waals surface area contributed by atoms with E-state index in [0.717, 1.165) is 40.7 Å². The number of halogens is 3. The van der Waals surface area contributed by atoms with Crippen LogP contribution in [0, 0.1) is 0 Å². The first-order valence-corrected chi connectivity index (χ1v) is 12.6. The molecule has 2 aromatic heterocycles. The van der Waals surface area contributed by atoms with Gasteiger partial charge in [0, 0.05) is 24.0 Å². The zero-order valence-electron chi connectivity index (χ0n) is 22.0. The van der Waals surface area contributed by atoms with Crippen LogP contribution in [0.4, 0.5) is 13.2 Å². The van der Waals surface area contributed by atoms with Crippen LogP contribution >= 0.6 is 11.3 Å². The highest BCUT2D eigenvalue weighted by atomic mass is 32.1. The Morgan fingerprint density at radius 1 is 1.34 bits per heavy atom. The molecular formula is C26H32F3N7OS. The predicted octanol–water partition coefficient (Wildman–Crippen LogP) is 4.60. The quantitative estimate of drug-likeness (QED) is 0.257. The normalized spacial score (nSPS) is 18.6. The monoisotopic (exact) mass is 547 g/mol. The van der Waals surface area contributed by atoms with Gasteiger partial charge in [-0.15, -0.1) is 11.3 Å². The average Bonchev–Trinajstić information content (AvgIpc) is 3.49. The second kappa shape index (κ2) is 12.0. The number of hydrogen-bond acceptors (Lipinski definition) is 7. The minimum Gasteiger partial charge on any atom is -0.324 e. The van der Waals surface area contributed by atoms with Crippen LogP contribution in [-0.4, -0.2) is 59.2 Å². The van der Waals surface area contributed by atoms with Gasteiger partial charge in [0.25, 0.3) is 5.91 Å². The van der Waals surface area contributed by atoms with E-state index in [1.54, 1.807) is 7.05 Å². The molecule has 2 aromatic rings. The third-order valence-electron chi connectivity index (χ3n) is 5.86. The number of nitrogens with zero attached hydrogens (tertiary/aromatic N) is 3. The van der Waals surface area contributed by atoms with Crippen molar-refractivity contribution in [1.29, 1.82) is 0 Å². The molecule has 1 unspecified atom stereocenters. The first-order chi connectivity index (χ1) is 17.8. The van der Waals surface area contributed by atoms with Crippen LogP contribution in [0.25, 0.3) is 10.7 Å². The number of alkyl halides is 3. The Labute approximate surface area is 224 Å². The maximum atomic E-state index is 13.1. The highest BCUT2D eigenvalue weighted by Gasteiger charge is 2.34. The number of hydrogen-bond donors (Lipinski definition) is 4. The molecule has 3 rings (SSSR count). The first kappa shape index (κ1) is 29.2. The lowest BCUT2D eigenvalue weighted by Gasteiger charge is -2.36. The van der Waals surface area contributed by atoms with Gasteiger partial charge in [0.2, 0.25) is 0 Å². The van der Waals surface area contributed by atoms with Gasteiger partial charge >= 0.3 is 6.18 Å². The van der Waals surface area contributed by atoms with Crippen molar-refractivity contribution in [2.75, 3.05) is 27.7 Å². The standard InChI is InChI=1S/C26H32F3N7OS/c1-16(14-36(5)6)9-7-8-10-18-11-17(2)25(3,35-30-4)13-20(18)31-23(37)21-15-38-24(32-21)19-12-22(34-33-19)26(27,28)29/h7-12,15,30,35H,1,13-14H2,2-6H3,(H,31,37)(H,33,34)/b9-7-,10-8+. The number of thiazole rings is 1. The summed E-state index contributed by atoms with van der Waals surface area (Å²) in [6.45, 7) is 8.80. The van der Waals surface area contributed by atoms with Gasteiger partial charge < -0.3 is 10.2 Å². The number of amides is 1. The minimum atomic E-state index is -4.55. The Morgan fingerprint density at radius 2 is 2.08 bits per heavy atom. The molecular weight excluding hydrogens is 515 g/mol. The number of H-pyrrole nitrogens is 1. The number of carbonyl (C=O) groups excluding carboxylic acids is 1. The number of allylic oxidation sites excluding steroid dienone is 5. The Balaban J connectivity index is 1.84. The van der Waals surface area contributed by atoms with Crippen LogP contribution in [-0.2, 0) is 6.18 Å². The predicted molar refractivity (Wildman–Crippen MR) is 144 cm³/mol. The molecule has 1 amide bonds. The smallest absolute Gasteiger partial charge is 0.324 e. The molecule has 0 saturated carbocycles. The van der Waals surface area contributed by atoms with Gasteiger partial charge in [0.1, 0.15) is 22.1 Å². The molecule has 1 atom stereocenters. The Hall–Kier alpha value is -3.32. The van der Waals surface area contributed by atoms with Crippen LogP contribution in [0.3, 0.4) is 0 Å². The van der Waals surface area contributed by atoms with Crippen molar-refractivity contribution in [3.63, 3.8) is 0 Å². The maximum absolute atomic E-state index is 13.1.